The summed E-state index contributed by atoms with van der Waals surface area (Å²) in [5, 5.41) is 4.09. The Bertz CT molecular complexity index is 971. The minimum Gasteiger partial charge on any atom is -0.486 e. The number of fused-ring (bicyclic) bond motifs is 1. The van der Waals surface area contributed by atoms with Gasteiger partial charge in [-0.15, -0.1) is 29.3 Å². The van der Waals surface area contributed by atoms with Crippen LogP contribution in [0.15, 0.2) is 65.9 Å². The molecule has 0 atom stereocenters. The molecule has 1 aliphatic rings. The molecule has 0 saturated carbocycles. The first-order valence-electron chi connectivity index (χ1n) is 9.81. The van der Waals surface area contributed by atoms with Crippen molar-refractivity contribution in [3.63, 3.8) is 0 Å². The lowest BCUT2D eigenvalue weighted by molar-refractivity contribution is -0.119. The highest BCUT2D eigenvalue weighted by molar-refractivity contribution is 7.10. The fourth-order valence-corrected chi connectivity index (χ4v) is 4.79. The normalized spacial score (nSPS) is 12.7. The van der Waals surface area contributed by atoms with E-state index in [1.165, 1.54) is 4.88 Å². The fourth-order valence-electron chi connectivity index (χ4n) is 3.35. The minimum absolute atomic E-state index is 0.0403. The van der Waals surface area contributed by atoms with Crippen molar-refractivity contribution in [2.75, 3.05) is 31.2 Å². The Hall–Kier alpha value is -2.61. The maximum absolute atomic E-state index is 13.4. The number of rotatable bonds is 9. The zero-order valence-corrected chi connectivity index (χ0v) is 18.3. The van der Waals surface area contributed by atoms with E-state index in [9.17, 15) is 4.79 Å². The molecule has 1 aromatic carbocycles. The van der Waals surface area contributed by atoms with Crippen molar-refractivity contribution in [1.82, 2.24) is 4.90 Å². The second kappa shape index (κ2) is 9.93. The SMILES string of the molecule is C=CCN(CC(=O)N(Cc1cccs1)c1ccc2c(c1)OCCO2)Cc1cccs1. The van der Waals surface area contributed by atoms with Crippen molar-refractivity contribution in [3.05, 3.63) is 75.6 Å². The molecule has 156 valence electrons. The van der Waals surface area contributed by atoms with Crippen molar-refractivity contribution < 1.29 is 14.3 Å². The Labute approximate surface area is 184 Å². The topological polar surface area (TPSA) is 42.0 Å². The average Bonchev–Trinajstić information content (AvgIpc) is 3.46. The zero-order valence-electron chi connectivity index (χ0n) is 16.7. The fraction of sp³-hybridized carbons (Fsp3) is 0.261. The third-order valence-electron chi connectivity index (χ3n) is 4.74. The number of anilines is 1. The van der Waals surface area contributed by atoms with E-state index >= 15 is 0 Å². The van der Waals surface area contributed by atoms with Gasteiger partial charge in [-0.3, -0.25) is 9.69 Å². The molecule has 0 radical (unpaired) electrons. The highest BCUT2D eigenvalue weighted by Crippen LogP contribution is 2.34. The second-order valence-electron chi connectivity index (χ2n) is 6.92. The third kappa shape index (κ3) is 5.11. The molecule has 0 bridgehead atoms. The number of hydrogen-bond donors (Lipinski definition) is 0. The largest absolute Gasteiger partial charge is 0.486 e. The molecule has 3 aromatic rings. The van der Waals surface area contributed by atoms with Crippen LogP contribution in [0.25, 0.3) is 0 Å². The van der Waals surface area contributed by atoms with E-state index < -0.39 is 0 Å². The van der Waals surface area contributed by atoms with Crippen LogP contribution in [0.5, 0.6) is 11.5 Å². The molecule has 1 amide bonds. The maximum atomic E-state index is 13.4. The number of carbonyl (C=O) groups excluding carboxylic acids is 1. The van der Waals surface area contributed by atoms with Crippen molar-refractivity contribution in [2.24, 2.45) is 0 Å². The van der Waals surface area contributed by atoms with Gasteiger partial charge in [0, 0.05) is 34.6 Å². The van der Waals surface area contributed by atoms with E-state index in [2.05, 4.69) is 29.0 Å². The molecule has 0 spiro atoms. The van der Waals surface area contributed by atoms with Crippen LogP contribution in [0.1, 0.15) is 9.75 Å². The van der Waals surface area contributed by atoms with Gasteiger partial charge in [0.25, 0.3) is 0 Å². The highest BCUT2D eigenvalue weighted by Gasteiger charge is 2.22. The first-order chi connectivity index (χ1) is 14.7. The molecule has 1 aliphatic heterocycles. The van der Waals surface area contributed by atoms with E-state index in [-0.39, 0.29) is 5.91 Å². The number of benzene rings is 1. The molecule has 7 heteroatoms. The van der Waals surface area contributed by atoms with Crippen LogP contribution in [0, 0.1) is 0 Å². The van der Waals surface area contributed by atoms with Gasteiger partial charge in [0.2, 0.25) is 5.91 Å². The lowest BCUT2D eigenvalue weighted by Crippen LogP contribution is -2.40. The van der Waals surface area contributed by atoms with E-state index in [4.69, 9.17) is 9.47 Å². The molecule has 0 saturated heterocycles. The highest BCUT2D eigenvalue weighted by atomic mass is 32.1. The summed E-state index contributed by atoms with van der Waals surface area (Å²) in [6.45, 7) is 7.13. The van der Waals surface area contributed by atoms with Crippen LogP contribution in [-0.4, -0.2) is 37.1 Å². The predicted octanol–water partition coefficient (Wildman–Crippen LogP) is 4.80. The number of nitrogens with zero attached hydrogens (tertiary/aromatic N) is 2. The van der Waals surface area contributed by atoms with E-state index in [1.54, 1.807) is 22.7 Å². The first-order valence-corrected chi connectivity index (χ1v) is 11.6. The van der Waals surface area contributed by atoms with Crippen LogP contribution >= 0.6 is 22.7 Å². The smallest absolute Gasteiger partial charge is 0.241 e. The number of ether oxygens (including phenoxy) is 2. The Morgan fingerprint density at radius 1 is 1.00 bits per heavy atom. The summed E-state index contributed by atoms with van der Waals surface area (Å²) in [4.78, 5) is 19.7. The molecule has 4 rings (SSSR count). The molecule has 30 heavy (non-hydrogen) atoms. The van der Waals surface area contributed by atoms with Gasteiger partial charge in [0.15, 0.2) is 11.5 Å². The van der Waals surface area contributed by atoms with Crippen molar-refractivity contribution >= 4 is 34.3 Å². The summed E-state index contributed by atoms with van der Waals surface area (Å²) in [5.74, 6) is 1.45. The molecule has 5 nitrogen and oxygen atoms in total. The van der Waals surface area contributed by atoms with Gasteiger partial charge in [-0.2, -0.15) is 0 Å². The molecule has 0 aliphatic carbocycles. The van der Waals surface area contributed by atoms with Gasteiger partial charge in [-0.25, -0.2) is 0 Å². The Morgan fingerprint density at radius 2 is 1.70 bits per heavy atom. The molecule has 0 fully saturated rings. The predicted molar refractivity (Wildman–Crippen MR) is 123 cm³/mol. The van der Waals surface area contributed by atoms with E-state index in [0.717, 1.165) is 22.9 Å². The van der Waals surface area contributed by atoms with Gasteiger partial charge in [-0.05, 0) is 35.0 Å². The molecule has 0 unspecified atom stereocenters. The summed E-state index contributed by atoms with van der Waals surface area (Å²) in [5.41, 5.74) is 0.812. The third-order valence-corrected chi connectivity index (χ3v) is 6.46. The van der Waals surface area contributed by atoms with Gasteiger partial charge in [0.1, 0.15) is 13.2 Å². The number of thiophene rings is 2. The van der Waals surface area contributed by atoms with Crippen LogP contribution in [0.2, 0.25) is 0 Å². The summed E-state index contributed by atoms with van der Waals surface area (Å²) >= 11 is 3.35. The van der Waals surface area contributed by atoms with E-state index in [1.807, 2.05) is 46.7 Å². The average molecular weight is 441 g/mol. The summed E-state index contributed by atoms with van der Waals surface area (Å²) < 4.78 is 11.4. The first kappa shape index (κ1) is 20.7. The molecule has 0 N–H and O–H groups in total. The maximum Gasteiger partial charge on any atom is 0.241 e. The lowest BCUT2D eigenvalue weighted by atomic mass is 10.2. The van der Waals surface area contributed by atoms with Crippen LogP contribution in [0.4, 0.5) is 5.69 Å². The molecule has 2 aromatic heterocycles. The summed E-state index contributed by atoms with van der Waals surface area (Å²) in [6.07, 6.45) is 1.84. The van der Waals surface area contributed by atoms with Gasteiger partial charge < -0.3 is 14.4 Å². The Kier molecular flexibility index (Phi) is 6.84. The molecule has 3 heterocycles. The van der Waals surface area contributed by atoms with Gasteiger partial charge in [-0.1, -0.05) is 18.2 Å². The summed E-state index contributed by atoms with van der Waals surface area (Å²) in [6, 6.07) is 13.9. The van der Waals surface area contributed by atoms with Crippen LogP contribution in [0.3, 0.4) is 0 Å². The zero-order chi connectivity index (χ0) is 20.8. The standard InChI is InChI=1S/C23H24N2O3S2/c1-2-9-24(15-19-5-3-12-29-19)17-23(26)25(16-20-6-4-13-30-20)18-7-8-21-22(14-18)28-11-10-27-21/h2-8,12-14H,1,9-11,15-17H2. The Balaban J connectivity index is 1.56. The van der Waals surface area contributed by atoms with Crippen molar-refractivity contribution in [1.29, 1.82) is 0 Å². The van der Waals surface area contributed by atoms with Gasteiger partial charge >= 0.3 is 0 Å². The van der Waals surface area contributed by atoms with Gasteiger partial charge in [0.05, 0.1) is 13.1 Å². The Morgan fingerprint density at radius 3 is 2.37 bits per heavy atom. The monoisotopic (exact) mass is 440 g/mol. The number of hydrogen-bond acceptors (Lipinski definition) is 6. The minimum atomic E-state index is 0.0403. The van der Waals surface area contributed by atoms with Crippen molar-refractivity contribution in [2.45, 2.75) is 13.1 Å². The number of amides is 1. The molecular formula is C23H24N2O3S2. The molecular weight excluding hydrogens is 416 g/mol. The number of carbonyl (C=O) groups is 1. The quantitative estimate of drug-likeness (QED) is 0.448. The summed E-state index contributed by atoms with van der Waals surface area (Å²) in [7, 11) is 0. The van der Waals surface area contributed by atoms with Crippen LogP contribution in [-0.2, 0) is 17.9 Å². The lowest BCUT2D eigenvalue weighted by Gasteiger charge is -2.28. The van der Waals surface area contributed by atoms with E-state index in [0.29, 0.717) is 38.6 Å². The van der Waals surface area contributed by atoms with Crippen molar-refractivity contribution in [3.8, 4) is 11.5 Å². The van der Waals surface area contributed by atoms with Crippen LogP contribution < -0.4 is 14.4 Å². The second-order valence-corrected chi connectivity index (χ2v) is 8.99.